The molecular formula is C10H13NO. The first kappa shape index (κ1) is 8.95. The second kappa shape index (κ2) is 3.51. The van der Waals surface area contributed by atoms with Crippen LogP contribution in [0, 0.1) is 5.92 Å². The predicted molar refractivity (Wildman–Crippen MR) is 48.6 cm³/mol. The molecule has 0 aliphatic heterocycles. The van der Waals surface area contributed by atoms with Crippen molar-refractivity contribution in [2.45, 2.75) is 25.8 Å². The van der Waals surface area contributed by atoms with Crippen LogP contribution in [0.4, 0.5) is 0 Å². The minimum absolute atomic E-state index is 0.333. The molecule has 0 N–H and O–H groups in total. The van der Waals surface area contributed by atoms with Crippen molar-refractivity contribution < 1.29 is 4.79 Å². The van der Waals surface area contributed by atoms with Crippen LogP contribution in [-0.2, 0) is 4.79 Å². The summed E-state index contributed by atoms with van der Waals surface area (Å²) in [5.41, 5.74) is -0.337. The molecule has 0 radical (unpaired) electrons. The number of rotatable bonds is 2. The van der Waals surface area contributed by atoms with E-state index < -0.39 is 0 Å². The summed E-state index contributed by atoms with van der Waals surface area (Å²) in [6.07, 6.45) is 10.4. The molecule has 1 atom stereocenters. The van der Waals surface area contributed by atoms with E-state index in [2.05, 4.69) is 18.8 Å². The lowest BCUT2D eigenvalue weighted by atomic mass is 9.81. The van der Waals surface area contributed by atoms with Gasteiger partial charge in [-0.15, -0.1) is 0 Å². The van der Waals surface area contributed by atoms with Crippen molar-refractivity contribution in [1.82, 2.24) is 0 Å². The first-order valence-corrected chi connectivity index (χ1v) is 4.15. The first-order valence-electron chi connectivity index (χ1n) is 4.15. The molecule has 1 aliphatic carbocycles. The molecule has 1 aliphatic rings. The van der Waals surface area contributed by atoms with E-state index in [1.165, 1.54) is 0 Å². The monoisotopic (exact) mass is 163 g/mol. The molecule has 0 aromatic rings. The van der Waals surface area contributed by atoms with Gasteiger partial charge in [-0.2, -0.15) is 4.99 Å². The Balaban J connectivity index is 2.95. The number of nitrogens with zero attached hydrogens (tertiary/aromatic N) is 1. The smallest absolute Gasteiger partial charge is 0.211 e. The Morgan fingerprint density at radius 1 is 1.50 bits per heavy atom. The van der Waals surface area contributed by atoms with Gasteiger partial charge in [-0.1, -0.05) is 38.2 Å². The molecule has 0 fully saturated rings. The number of allylic oxidation sites excluding steroid dienone is 2. The van der Waals surface area contributed by atoms with E-state index >= 15 is 0 Å². The van der Waals surface area contributed by atoms with Gasteiger partial charge in [-0.3, -0.25) is 0 Å². The lowest BCUT2D eigenvalue weighted by molar-refractivity contribution is 0.386. The second-order valence-corrected chi connectivity index (χ2v) is 3.34. The number of hydrogen-bond acceptors (Lipinski definition) is 2. The molecule has 2 nitrogen and oxygen atoms in total. The normalized spacial score (nSPS) is 27.2. The molecule has 0 aromatic carbocycles. The van der Waals surface area contributed by atoms with E-state index in [1.54, 1.807) is 6.08 Å². The van der Waals surface area contributed by atoms with Gasteiger partial charge in [0.1, 0.15) is 0 Å². The zero-order chi connectivity index (χ0) is 9.03. The number of hydrogen-bond donors (Lipinski definition) is 0. The van der Waals surface area contributed by atoms with Crippen LogP contribution in [0.25, 0.3) is 0 Å². The maximum Gasteiger partial charge on any atom is 0.235 e. The molecule has 0 aromatic heterocycles. The van der Waals surface area contributed by atoms with E-state index in [-0.39, 0.29) is 5.54 Å². The quantitative estimate of drug-likeness (QED) is 0.453. The summed E-state index contributed by atoms with van der Waals surface area (Å²) in [5.74, 6) is 0.333. The molecule has 12 heavy (non-hydrogen) atoms. The highest BCUT2D eigenvalue weighted by Gasteiger charge is 2.30. The average Bonchev–Trinajstić information content (AvgIpc) is 2.06. The Morgan fingerprint density at radius 2 is 2.25 bits per heavy atom. The van der Waals surface area contributed by atoms with E-state index in [1.807, 2.05) is 24.3 Å². The fourth-order valence-electron chi connectivity index (χ4n) is 1.35. The van der Waals surface area contributed by atoms with Gasteiger partial charge in [0.15, 0.2) is 0 Å². The average molecular weight is 163 g/mol. The molecular weight excluding hydrogens is 150 g/mol. The highest BCUT2D eigenvalue weighted by Crippen LogP contribution is 2.29. The number of aliphatic imine (C=N–C) groups is 1. The Labute approximate surface area is 72.7 Å². The summed E-state index contributed by atoms with van der Waals surface area (Å²) < 4.78 is 0. The highest BCUT2D eigenvalue weighted by molar-refractivity contribution is 5.38. The van der Waals surface area contributed by atoms with Gasteiger partial charge in [0.05, 0.1) is 5.54 Å². The van der Waals surface area contributed by atoms with Crippen LogP contribution in [-0.4, -0.2) is 11.6 Å². The number of carbonyl (C=O) groups excluding carboxylic acids is 1. The Hall–Kier alpha value is -1.14. The Kier molecular flexibility index (Phi) is 2.61. The second-order valence-electron chi connectivity index (χ2n) is 3.34. The van der Waals surface area contributed by atoms with Gasteiger partial charge in [0, 0.05) is 0 Å². The molecule has 2 heteroatoms. The molecule has 0 saturated carbocycles. The Bertz CT molecular complexity index is 259. The van der Waals surface area contributed by atoms with Crippen molar-refractivity contribution in [3.63, 3.8) is 0 Å². The molecule has 0 saturated heterocycles. The lowest BCUT2D eigenvalue weighted by Crippen LogP contribution is -2.30. The topological polar surface area (TPSA) is 29.4 Å². The summed E-state index contributed by atoms with van der Waals surface area (Å²) in [4.78, 5) is 14.1. The minimum Gasteiger partial charge on any atom is -0.211 e. The largest absolute Gasteiger partial charge is 0.235 e. The molecule has 0 amide bonds. The summed E-state index contributed by atoms with van der Waals surface area (Å²) in [6.45, 7) is 4.12. The Morgan fingerprint density at radius 3 is 2.67 bits per heavy atom. The fraction of sp³-hybridized carbons (Fsp3) is 0.500. The standard InChI is InChI=1S/C10H13NO/c1-9(2)10(11-8-12)6-4-3-5-7-10/h3-6,9H,7H2,1-2H3. The van der Waals surface area contributed by atoms with Crippen LogP contribution >= 0.6 is 0 Å². The van der Waals surface area contributed by atoms with Gasteiger partial charge >= 0.3 is 0 Å². The highest BCUT2D eigenvalue weighted by atomic mass is 16.1. The van der Waals surface area contributed by atoms with Gasteiger partial charge in [0.2, 0.25) is 6.08 Å². The van der Waals surface area contributed by atoms with E-state index in [0.29, 0.717) is 5.92 Å². The van der Waals surface area contributed by atoms with Crippen LogP contribution in [0.5, 0.6) is 0 Å². The summed E-state index contributed by atoms with van der Waals surface area (Å²) in [7, 11) is 0. The van der Waals surface area contributed by atoms with Crippen molar-refractivity contribution in [2.24, 2.45) is 10.9 Å². The summed E-state index contributed by atoms with van der Waals surface area (Å²) in [5, 5.41) is 0. The SMILES string of the molecule is CC(C)C1(N=C=O)C=CC=CC1. The first-order chi connectivity index (χ1) is 5.71. The molecule has 1 unspecified atom stereocenters. The summed E-state index contributed by atoms with van der Waals surface area (Å²) in [6, 6.07) is 0. The van der Waals surface area contributed by atoms with Crippen LogP contribution in [0.15, 0.2) is 29.3 Å². The van der Waals surface area contributed by atoms with Crippen molar-refractivity contribution >= 4 is 6.08 Å². The maximum absolute atomic E-state index is 10.2. The van der Waals surface area contributed by atoms with Gasteiger partial charge in [0.25, 0.3) is 0 Å². The lowest BCUT2D eigenvalue weighted by Gasteiger charge is -2.29. The van der Waals surface area contributed by atoms with Crippen molar-refractivity contribution in [3.05, 3.63) is 24.3 Å². The third kappa shape index (κ3) is 1.54. The third-order valence-corrected chi connectivity index (χ3v) is 2.33. The van der Waals surface area contributed by atoms with E-state index in [0.717, 1.165) is 6.42 Å². The zero-order valence-corrected chi connectivity index (χ0v) is 7.45. The molecule has 64 valence electrons. The van der Waals surface area contributed by atoms with Crippen LogP contribution < -0.4 is 0 Å². The van der Waals surface area contributed by atoms with Crippen LogP contribution in [0.1, 0.15) is 20.3 Å². The van der Waals surface area contributed by atoms with Gasteiger partial charge < -0.3 is 0 Å². The van der Waals surface area contributed by atoms with Crippen LogP contribution in [0.2, 0.25) is 0 Å². The fourth-order valence-corrected chi connectivity index (χ4v) is 1.35. The zero-order valence-electron chi connectivity index (χ0n) is 7.45. The molecule has 1 rings (SSSR count). The third-order valence-electron chi connectivity index (χ3n) is 2.33. The van der Waals surface area contributed by atoms with Crippen molar-refractivity contribution in [3.8, 4) is 0 Å². The van der Waals surface area contributed by atoms with Crippen molar-refractivity contribution in [2.75, 3.05) is 0 Å². The summed E-state index contributed by atoms with van der Waals surface area (Å²) >= 11 is 0. The molecule has 0 bridgehead atoms. The van der Waals surface area contributed by atoms with Crippen molar-refractivity contribution in [1.29, 1.82) is 0 Å². The van der Waals surface area contributed by atoms with E-state index in [9.17, 15) is 4.79 Å². The van der Waals surface area contributed by atoms with Gasteiger partial charge in [-0.25, -0.2) is 4.79 Å². The van der Waals surface area contributed by atoms with E-state index in [4.69, 9.17) is 0 Å². The molecule has 0 spiro atoms. The van der Waals surface area contributed by atoms with Crippen LogP contribution in [0.3, 0.4) is 0 Å². The predicted octanol–water partition coefficient (Wildman–Crippen LogP) is 2.23. The van der Waals surface area contributed by atoms with Gasteiger partial charge in [-0.05, 0) is 12.3 Å². The maximum atomic E-state index is 10.2. The number of isocyanates is 1. The molecule has 0 heterocycles. The minimum atomic E-state index is -0.337.